The molecule has 0 aliphatic rings. The molecule has 0 saturated carbocycles. The highest BCUT2D eigenvalue weighted by molar-refractivity contribution is 5.81. The summed E-state index contributed by atoms with van der Waals surface area (Å²) in [6.45, 7) is 9.94. The lowest BCUT2D eigenvalue weighted by Crippen LogP contribution is -2.45. The molecule has 0 rings (SSSR count). The Morgan fingerprint density at radius 3 is 2.40 bits per heavy atom. The van der Waals surface area contributed by atoms with Gasteiger partial charge in [-0.25, -0.2) is 0 Å². The molecule has 0 heterocycles. The van der Waals surface area contributed by atoms with Crippen molar-refractivity contribution in [2.75, 3.05) is 7.05 Å². The van der Waals surface area contributed by atoms with E-state index in [1.54, 1.807) is 11.0 Å². The van der Waals surface area contributed by atoms with Crippen LogP contribution in [-0.4, -0.2) is 29.9 Å². The van der Waals surface area contributed by atoms with Crippen LogP contribution in [0, 0.1) is 5.92 Å². The number of nitrogens with zero attached hydrogens (tertiary/aromatic N) is 1. The van der Waals surface area contributed by atoms with Gasteiger partial charge in [0, 0.05) is 13.1 Å². The van der Waals surface area contributed by atoms with E-state index in [1.165, 1.54) is 0 Å². The Kier molecular flexibility index (Phi) is 6.25. The highest BCUT2D eigenvalue weighted by Crippen LogP contribution is 2.10. The zero-order valence-electron chi connectivity index (χ0n) is 10.4. The minimum Gasteiger partial charge on any atom is -0.342 e. The van der Waals surface area contributed by atoms with Gasteiger partial charge >= 0.3 is 0 Å². The fourth-order valence-electron chi connectivity index (χ4n) is 1.60. The van der Waals surface area contributed by atoms with Gasteiger partial charge in [-0.15, -0.1) is 6.58 Å². The molecule has 3 heteroatoms. The van der Waals surface area contributed by atoms with Gasteiger partial charge in [0.15, 0.2) is 0 Å². The van der Waals surface area contributed by atoms with E-state index in [0.717, 1.165) is 6.42 Å². The van der Waals surface area contributed by atoms with E-state index in [4.69, 9.17) is 5.73 Å². The molecule has 88 valence electrons. The Hall–Kier alpha value is -0.830. The molecule has 2 N–H and O–H groups in total. The fraction of sp³-hybridized carbons (Fsp3) is 0.750. The van der Waals surface area contributed by atoms with E-state index >= 15 is 0 Å². The van der Waals surface area contributed by atoms with Crippen molar-refractivity contribution in [1.82, 2.24) is 4.90 Å². The number of likely N-dealkylation sites (N-methyl/N-ethyl adjacent to an activating group) is 1. The van der Waals surface area contributed by atoms with E-state index in [9.17, 15) is 4.79 Å². The van der Waals surface area contributed by atoms with Crippen LogP contribution in [0.3, 0.4) is 0 Å². The van der Waals surface area contributed by atoms with E-state index < -0.39 is 6.04 Å². The van der Waals surface area contributed by atoms with Crippen LogP contribution in [0.15, 0.2) is 12.7 Å². The minimum absolute atomic E-state index is 0.00282. The molecule has 0 aliphatic heterocycles. The Bertz CT molecular complexity index is 214. The summed E-state index contributed by atoms with van der Waals surface area (Å²) in [6, 6.07) is -0.199. The fourth-order valence-corrected chi connectivity index (χ4v) is 1.60. The van der Waals surface area contributed by atoms with Crippen LogP contribution < -0.4 is 5.73 Å². The molecule has 0 aliphatic carbocycles. The van der Waals surface area contributed by atoms with Gasteiger partial charge < -0.3 is 10.6 Å². The molecule has 2 unspecified atom stereocenters. The van der Waals surface area contributed by atoms with Gasteiger partial charge in [-0.3, -0.25) is 4.79 Å². The molecule has 0 aromatic rings. The Balaban J connectivity index is 4.23. The SMILES string of the molecule is C=CCC(N)C(=O)N(C)C(C)CC(C)C. The third kappa shape index (κ3) is 4.98. The number of hydrogen-bond acceptors (Lipinski definition) is 2. The van der Waals surface area contributed by atoms with Gasteiger partial charge in [-0.05, 0) is 25.7 Å². The van der Waals surface area contributed by atoms with E-state index in [2.05, 4.69) is 27.4 Å². The smallest absolute Gasteiger partial charge is 0.239 e. The lowest BCUT2D eigenvalue weighted by molar-refractivity contribution is -0.133. The lowest BCUT2D eigenvalue weighted by Gasteiger charge is -2.28. The van der Waals surface area contributed by atoms with Gasteiger partial charge in [-0.2, -0.15) is 0 Å². The molecule has 0 aromatic heterocycles. The van der Waals surface area contributed by atoms with Crippen LogP contribution >= 0.6 is 0 Å². The van der Waals surface area contributed by atoms with Crippen molar-refractivity contribution >= 4 is 5.91 Å². The molecule has 2 atom stereocenters. The molecule has 1 amide bonds. The predicted octanol–water partition coefficient (Wildman–Crippen LogP) is 1.78. The first-order valence-electron chi connectivity index (χ1n) is 5.53. The third-order valence-electron chi connectivity index (χ3n) is 2.56. The summed E-state index contributed by atoms with van der Waals surface area (Å²) >= 11 is 0. The highest BCUT2D eigenvalue weighted by atomic mass is 16.2. The molecule has 0 radical (unpaired) electrons. The normalized spacial score (nSPS) is 14.8. The predicted molar refractivity (Wildman–Crippen MR) is 64.5 cm³/mol. The third-order valence-corrected chi connectivity index (χ3v) is 2.56. The number of carbonyl (C=O) groups is 1. The lowest BCUT2D eigenvalue weighted by atomic mass is 10.0. The van der Waals surface area contributed by atoms with Crippen molar-refractivity contribution in [3.63, 3.8) is 0 Å². The first-order valence-corrected chi connectivity index (χ1v) is 5.53. The Labute approximate surface area is 93.3 Å². The molecule has 0 bridgehead atoms. The van der Waals surface area contributed by atoms with Crippen LogP contribution in [0.2, 0.25) is 0 Å². The molecule has 0 spiro atoms. The summed E-state index contributed by atoms with van der Waals surface area (Å²) < 4.78 is 0. The molecule has 0 saturated heterocycles. The molecular formula is C12H24N2O. The molecule has 3 nitrogen and oxygen atoms in total. The van der Waals surface area contributed by atoms with E-state index in [1.807, 2.05) is 7.05 Å². The van der Waals surface area contributed by atoms with Crippen molar-refractivity contribution in [1.29, 1.82) is 0 Å². The van der Waals surface area contributed by atoms with E-state index in [-0.39, 0.29) is 11.9 Å². The number of nitrogens with two attached hydrogens (primary N) is 1. The second-order valence-electron chi connectivity index (χ2n) is 4.56. The van der Waals surface area contributed by atoms with Gasteiger partial charge in [-0.1, -0.05) is 19.9 Å². The largest absolute Gasteiger partial charge is 0.342 e. The summed E-state index contributed by atoms with van der Waals surface area (Å²) in [5.74, 6) is 0.592. The zero-order chi connectivity index (χ0) is 12.0. The van der Waals surface area contributed by atoms with Crippen molar-refractivity contribution in [2.24, 2.45) is 11.7 Å². The Morgan fingerprint density at radius 2 is 2.00 bits per heavy atom. The summed E-state index contributed by atoms with van der Waals surface area (Å²) in [7, 11) is 1.82. The minimum atomic E-state index is -0.442. The quantitative estimate of drug-likeness (QED) is 0.682. The number of hydrogen-bond donors (Lipinski definition) is 1. The van der Waals surface area contributed by atoms with Crippen molar-refractivity contribution in [2.45, 2.75) is 45.7 Å². The summed E-state index contributed by atoms with van der Waals surface area (Å²) in [4.78, 5) is 13.6. The van der Waals surface area contributed by atoms with Crippen molar-refractivity contribution in [3.05, 3.63) is 12.7 Å². The topological polar surface area (TPSA) is 46.3 Å². The summed E-state index contributed by atoms with van der Waals surface area (Å²) in [6.07, 6.45) is 3.23. The van der Waals surface area contributed by atoms with Gasteiger partial charge in [0.05, 0.1) is 6.04 Å². The monoisotopic (exact) mass is 212 g/mol. The molecule has 0 fully saturated rings. The number of rotatable bonds is 6. The maximum Gasteiger partial charge on any atom is 0.239 e. The maximum atomic E-state index is 11.8. The van der Waals surface area contributed by atoms with E-state index in [0.29, 0.717) is 12.3 Å². The molecule has 0 aromatic carbocycles. The van der Waals surface area contributed by atoms with Gasteiger partial charge in [0.2, 0.25) is 5.91 Å². The first-order chi connectivity index (χ1) is 6.90. The molecule has 15 heavy (non-hydrogen) atoms. The second-order valence-corrected chi connectivity index (χ2v) is 4.56. The Morgan fingerprint density at radius 1 is 1.47 bits per heavy atom. The van der Waals surface area contributed by atoms with Crippen molar-refractivity contribution < 1.29 is 4.79 Å². The number of amides is 1. The zero-order valence-corrected chi connectivity index (χ0v) is 10.4. The first kappa shape index (κ1) is 14.2. The molecular weight excluding hydrogens is 188 g/mol. The standard InChI is InChI=1S/C12H24N2O/c1-6-7-11(13)12(15)14(5)10(4)8-9(2)3/h6,9-11H,1,7-8,13H2,2-5H3. The second kappa shape index (κ2) is 6.62. The average Bonchev–Trinajstić information content (AvgIpc) is 2.14. The average molecular weight is 212 g/mol. The van der Waals surface area contributed by atoms with Crippen molar-refractivity contribution in [3.8, 4) is 0 Å². The van der Waals surface area contributed by atoms with Crippen LogP contribution in [-0.2, 0) is 4.79 Å². The van der Waals surface area contributed by atoms with Crippen LogP contribution in [0.5, 0.6) is 0 Å². The van der Waals surface area contributed by atoms with Gasteiger partial charge in [0.25, 0.3) is 0 Å². The van der Waals surface area contributed by atoms with Gasteiger partial charge in [0.1, 0.15) is 0 Å². The number of carbonyl (C=O) groups excluding carboxylic acids is 1. The summed E-state index contributed by atoms with van der Waals surface area (Å²) in [5, 5.41) is 0. The summed E-state index contributed by atoms with van der Waals surface area (Å²) in [5.41, 5.74) is 5.73. The van der Waals surface area contributed by atoms with Crippen LogP contribution in [0.1, 0.15) is 33.6 Å². The van der Waals surface area contributed by atoms with Crippen LogP contribution in [0.4, 0.5) is 0 Å². The maximum absolute atomic E-state index is 11.8. The highest BCUT2D eigenvalue weighted by Gasteiger charge is 2.21. The van der Waals surface area contributed by atoms with Crippen LogP contribution in [0.25, 0.3) is 0 Å².